The highest BCUT2D eigenvalue weighted by molar-refractivity contribution is 5.26. The number of aromatic amines is 1. The molecule has 2 saturated heterocycles. The zero-order valence-electron chi connectivity index (χ0n) is 15.7. The summed E-state index contributed by atoms with van der Waals surface area (Å²) in [7, 11) is 0. The van der Waals surface area contributed by atoms with Gasteiger partial charge in [0, 0.05) is 31.2 Å². The molecule has 0 radical (unpaired) electrons. The fraction of sp³-hybridized carbons (Fsp3) is 0.857. The van der Waals surface area contributed by atoms with Gasteiger partial charge in [-0.25, -0.2) is 4.98 Å². The van der Waals surface area contributed by atoms with Gasteiger partial charge in [0.05, 0.1) is 17.6 Å². The molecule has 25 heavy (non-hydrogen) atoms. The Bertz CT molecular complexity index is 586. The minimum Gasteiger partial charge on any atom is -0.348 e. The smallest absolute Gasteiger partial charge is 0.0926 e. The first-order valence-corrected chi connectivity index (χ1v) is 10.9. The van der Waals surface area contributed by atoms with Gasteiger partial charge >= 0.3 is 0 Å². The van der Waals surface area contributed by atoms with Gasteiger partial charge in [0.1, 0.15) is 0 Å². The van der Waals surface area contributed by atoms with E-state index in [1.165, 1.54) is 102 Å². The van der Waals surface area contributed by atoms with Gasteiger partial charge < -0.3 is 9.88 Å². The number of fused-ring (bicyclic) bond motifs is 3. The second kappa shape index (κ2) is 6.70. The Balaban J connectivity index is 1.40. The van der Waals surface area contributed by atoms with E-state index in [1.54, 1.807) is 0 Å². The van der Waals surface area contributed by atoms with Gasteiger partial charge in [0.25, 0.3) is 0 Å². The van der Waals surface area contributed by atoms with Gasteiger partial charge in [-0.2, -0.15) is 0 Å². The predicted molar refractivity (Wildman–Crippen MR) is 101 cm³/mol. The molecular formula is C21H34N4. The van der Waals surface area contributed by atoms with Crippen LogP contribution in [0.25, 0.3) is 0 Å². The average Bonchev–Trinajstić information content (AvgIpc) is 3.15. The molecule has 4 nitrogen and oxygen atoms in total. The molecular weight excluding hydrogens is 308 g/mol. The van der Waals surface area contributed by atoms with Crippen LogP contribution in [0.3, 0.4) is 0 Å². The molecule has 1 aliphatic carbocycles. The molecule has 1 aromatic rings. The molecule has 2 atom stereocenters. The van der Waals surface area contributed by atoms with Crippen LogP contribution in [-0.4, -0.2) is 52.0 Å². The zero-order valence-corrected chi connectivity index (χ0v) is 15.7. The third kappa shape index (κ3) is 2.76. The molecule has 5 rings (SSSR count). The lowest BCUT2D eigenvalue weighted by atomic mass is 9.73. The third-order valence-corrected chi connectivity index (χ3v) is 7.76. The first kappa shape index (κ1) is 16.3. The standard InChI is InChI=1S/C21H34N4/c1-3-10-21(11-4-1)20-18(22-16-23-20)9-14-25(21)15-17-7-6-13-24-12-5-2-8-19(17)24/h16-17,19H,1-15H2,(H,22,23)/t17-,19+/m0/s1. The van der Waals surface area contributed by atoms with Crippen LogP contribution in [0.2, 0.25) is 0 Å². The number of hydrogen-bond donors (Lipinski definition) is 1. The molecule has 3 aliphatic heterocycles. The fourth-order valence-electron chi connectivity index (χ4n) is 6.55. The van der Waals surface area contributed by atoms with E-state index in [1.807, 2.05) is 6.33 Å². The van der Waals surface area contributed by atoms with Crippen LogP contribution < -0.4 is 0 Å². The van der Waals surface area contributed by atoms with Crippen molar-refractivity contribution in [2.45, 2.75) is 82.2 Å². The average molecular weight is 343 g/mol. The number of H-pyrrole nitrogens is 1. The third-order valence-electron chi connectivity index (χ3n) is 7.76. The Morgan fingerprint density at radius 1 is 1.00 bits per heavy atom. The molecule has 3 fully saturated rings. The maximum Gasteiger partial charge on any atom is 0.0926 e. The summed E-state index contributed by atoms with van der Waals surface area (Å²) in [6, 6.07) is 0.865. The van der Waals surface area contributed by atoms with Crippen molar-refractivity contribution in [1.82, 2.24) is 19.8 Å². The summed E-state index contributed by atoms with van der Waals surface area (Å²) in [5, 5.41) is 0. The van der Waals surface area contributed by atoms with E-state index in [9.17, 15) is 0 Å². The lowest BCUT2D eigenvalue weighted by molar-refractivity contribution is -0.0171. The maximum atomic E-state index is 4.85. The molecule has 4 aliphatic rings. The van der Waals surface area contributed by atoms with Crippen molar-refractivity contribution in [1.29, 1.82) is 0 Å². The normalized spacial score (nSPS) is 33.1. The first-order valence-electron chi connectivity index (χ1n) is 10.9. The van der Waals surface area contributed by atoms with Crippen LogP contribution in [0, 0.1) is 5.92 Å². The molecule has 0 aromatic carbocycles. The van der Waals surface area contributed by atoms with E-state index in [0.29, 0.717) is 0 Å². The van der Waals surface area contributed by atoms with Crippen LogP contribution in [0.15, 0.2) is 6.33 Å². The van der Waals surface area contributed by atoms with Crippen LogP contribution in [0.1, 0.15) is 75.6 Å². The molecule has 1 aromatic heterocycles. The van der Waals surface area contributed by atoms with E-state index in [0.717, 1.165) is 18.4 Å². The molecule has 138 valence electrons. The summed E-state index contributed by atoms with van der Waals surface area (Å²) in [6.45, 7) is 5.26. The highest BCUT2D eigenvalue weighted by Crippen LogP contribution is 2.46. The van der Waals surface area contributed by atoms with Crippen molar-refractivity contribution in [3.63, 3.8) is 0 Å². The van der Waals surface area contributed by atoms with Gasteiger partial charge in [-0.15, -0.1) is 0 Å². The molecule has 4 heteroatoms. The minimum absolute atomic E-state index is 0.253. The Morgan fingerprint density at radius 2 is 1.88 bits per heavy atom. The van der Waals surface area contributed by atoms with Crippen molar-refractivity contribution in [3.8, 4) is 0 Å². The molecule has 1 saturated carbocycles. The SMILES string of the molecule is c1nc2c([nH]1)CCN(C[C@@H]1CCCN3CCCC[C@H]13)C21CCCCC1. The van der Waals surface area contributed by atoms with Crippen molar-refractivity contribution in [2.75, 3.05) is 26.2 Å². The molecule has 0 bridgehead atoms. The van der Waals surface area contributed by atoms with Gasteiger partial charge in [-0.1, -0.05) is 25.7 Å². The van der Waals surface area contributed by atoms with Crippen LogP contribution in [0.5, 0.6) is 0 Å². The lowest BCUT2D eigenvalue weighted by Crippen LogP contribution is -2.57. The van der Waals surface area contributed by atoms with Crippen LogP contribution >= 0.6 is 0 Å². The number of nitrogens with one attached hydrogen (secondary N) is 1. The second-order valence-corrected chi connectivity index (χ2v) is 9.02. The van der Waals surface area contributed by atoms with Gasteiger partial charge in [-0.05, 0) is 57.5 Å². The van der Waals surface area contributed by atoms with E-state index in [4.69, 9.17) is 4.98 Å². The van der Waals surface area contributed by atoms with Gasteiger partial charge in [0.15, 0.2) is 0 Å². The number of rotatable bonds is 2. The predicted octanol–water partition coefficient (Wildman–Crippen LogP) is 3.69. The fourth-order valence-corrected chi connectivity index (χ4v) is 6.55. The van der Waals surface area contributed by atoms with Crippen molar-refractivity contribution in [2.24, 2.45) is 5.92 Å². The molecule has 1 spiro atoms. The van der Waals surface area contributed by atoms with Crippen molar-refractivity contribution >= 4 is 0 Å². The Labute approximate surface area is 152 Å². The number of piperidine rings is 2. The van der Waals surface area contributed by atoms with Crippen molar-refractivity contribution in [3.05, 3.63) is 17.7 Å². The Morgan fingerprint density at radius 3 is 2.80 bits per heavy atom. The minimum atomic E-state index is 0.253. The molecule has 0 amide bonds. The Kier molecular flexibility index (Phi) is 4.37. The van der Waals surface area contributed by atoms with Gasteiger partial charge in [-0.3, -0.25) is 4.90 Å². The number of imidazole rings is 1. The second-order valence-electron chi connectivity index (χ2n) is 9.02. The van der Waals surface area contributed by atoms with E-state index in [2.05, 4.69) is 14.8 Å². The maximum absolute atomic E-state index is 4.85. The highest BCUT2D eigenvalue weighted by Gasteiger charge is 2.46. The zero-order chi connectivity index (χ0) is 16.7. The molecule has 0 unspecified atom stereocenters. The first-order chi connectivity index (χ1) is 12.4. The quantitative estimate of drug-likeness (QED) is 0.890. The molecule has 1 N–H and O–H groups in total. The summed E-state index contributed by atoms with van der Waals surface area (Å²) < 4.78 is 0. The number of hydrogen-bond acceptors (Lipinski definition) is 3. The summed E-state index contributed by atoms with van der Waals surface area (Å²) >= 11 is 0. The van der Waals surface area contributed by atoms with Crippen LogP contribution in [0.4, 0.5) is 0 Å². The van der Waals surface area contributed by atoms with Gasteiger partial charge in [0.2, 0.25) is 0 Å². The van der Waals surface area contributed by atoms with E-state index in [-0.39, 0.29) is 5.54 Å². The summed E-state index contributed by atoms with van der Waals surface area (Å²) in [4.78, 5) is 14.0. The lowest BCUT2D eigenvalue weighted by Gasteiger charge is -2.52. The van der Waals surface area contributed by atoms with E-state index < -0.39 is 0 Å². The number of aromatic nitrogens is 2. The Hall–Kier alpha value is -0.870. The number of nitrogens with zero attached hydrogens (tertiary/aromatic N) is 3. The monoisotopic (exact) mass is 342 g/mol. The van der Waals surface area contributed by atoms with E-state index >= 15 is 0 Å². The molecule has 4 heterocycles. The highest BCUT2D eigenvalue weighted by atomic mass is 15.3. The van der Waals surface area contributed by atoms with Crippen molar-refractivity contribution < 1.29 is 0 Å². The summed E-state index contributed by atoms with van der Waals surface area (Å²) in [6.07, 6.45) is 17.1. The summed E-state index contributed by atoms with van der Waals surface area (Å²) in [5.74, 6) is 0.883. The summed E-state index contributed by atoms with van der Waals surface area (Å²) in [5.41, 5.74) is 3.10. The topological polar surface area (TPSA) is 35.2 Å². The van der Waals surface area contributed by atoms with Crippen LogP contribution in [-0.2, 0) is 12.0 Å². The largest absolute Gasteiger partial charge is 0.348 e.